The molecule has 1 fully saturated rings. The summed E-state index contributed by atoms with van der Waals surface area (Å²) in [4.78, 5) is 0. The molecule has 0 bridgehead atoms. The van der Waals surface area contributed by atoms with E-state index in [-0.39, 0.29) is 24.3 Å². The van der Waals surface area contributed by atoms with Crippen LogP contribution in [-0.4, -0.2) is 24.3 Å². The first-order valence-corrected chi connectivity index (χ1v) is 6.49. The van der Waals surface area contributed by atoms with Crippen LogP contribution in [0.5, 0.6) is 5.75 Å². The highest BCUT2D eigenvalue weighted by molar-refractivity contribution is 6.47. The number of fused-ring (bicyclic) bond motifs is 1. The molecule has 3 rings (SSSR count). The van der Waals surface area contributed by atoms with Crippen molar-refractivity contribution in [3.05, 3.63) is 29.8 Å². The minimum Gasteiger partial charge on any atom is -0.492 e. The standard InChI is InChI=1S/C14H19BO3/c1-13(2)14(3,4)18-15(17-13)12-9-10-7-5-6-8-11(10)16-12/h5-8,12H,9H2,1-4H3. The number of para-hydroxylation sites is 1. The Morgan fingerprint density at radius 2 is 1.67 bits per heavy atom. The molecule has 2 aliphatic rings. The van der Waals surface area contributed by atoms with E-state index in [4.69, 9.17) is 14.0 Å². The molecule has 3 nitrogen and oxygen atoms in total. The van der Waals surface area contributed by atoms with E-state index < -0.39 is 0 Å². The van der Waals surface area contributed by atoms with Gasteiger partial charge in [-0.15, -0.1) is 0 Å². The largest absolute Gasteiger partial charge is 0.502 e. The average molecular weight is 246 g/mol. The molecule has 0 N–H and O–H groups in total. The Hall–Kier alpha value is -0.995. The molecule has 1 saturated heterocycles. The van der Waals surface area contributed by atoms with Gasteiger partial charge in [0, 0.05) is 6.42 Å². The Bertz CT molecular complexity index is 429. The first kappa shape index (κ1) is 12.1. The lowest BCUT2D eigenvalue weighted by Gasteiger charge is -2.32. The molecule has 2 aliphatic heterocycles. The maximum atomic E-state index is 6.03. The van der Waals surface area contributed by atoms with Gasteiger partial charge in [-0.25, -0.2) is 0 Å². The van der Waals surface area contributed by atoms with Gasteiger partial charge in [0.15, 0.2) is 0 Å². The minimum absolute atomic E-state index is 0.0385. The van der Waals surface area contributed by atoms with Gasteiger partial charge in [0.2, 0.25) is 0 Å². The zero-order valence-corrected chi connectivity index (χ0v) is 11.4. The highest BCUT2D eigenvalue weighted by Crippen LogP contribution is 2.40. The van der Waals surface area contributed by atoms with Crippen LogP contribution in [0.4, 0.5) is 0 Å². The molecular formula is C14H19BO3. The van der Waals surface area contributed by atoms with Crippen molar-refractivity contribution in [3.63, 3.8) is 0 Å². The molecule has 4 heteroatoms. The van der Waals surface area contributed by atoms with Crippen molar-refractivity contribution in [1.29, 1.82) is 0 Å². The van der Waals surface area contributed by atoms with Crippen molar-refractivity contribution in [2.75, 3.05) is 0 Å². The molecule has 96 valence electrons. The molecule has 1 aromatic rings. The SMILES string of the molecule is CC1(C)OB(C2Cc3ccccc3O2)OC1(C)C. The van der Waals surface area contributed by atoms with Gasteiger partial charge in [0.1, 0.15) is 11.8 Å². The Morgan fingerprint density at radius 3 is 2.28 bits per heavy atom. The third-order valence-corrected chi connectivity index (χ3v) is 4.25. The minimum atomic E-state index is -0.296. The highest BCUT2D eigenvalue weighted by Gasteiger charge is 2.55. The molecule has 1 unspecified atom stereocenters. The van der Waals surface area contributed by atoms with Crippen LogP contribution in [0.25, 0.3) is 0 Å². The fourth-order valence-corrected chi connectivity index (χ4v) is 2.40. The Labute approximate surface area is 109 Å². The Balaban J connectivity index is 1.77. The van der Waals surface area contributed by atoms with Crippen LogP contribution in [-0.2, 0) is 15.7 Å². The van der Waals surface area contributed by atoms with E-state index in [0.717, 1.165) is 12.2 Å². The summed E-state index contributed by atoms with van der Waals surface area (Å²) >= 11 is 0. The topological polar surface area (TPSA) is 27.7 Å². The van der Waals surface area contributed by atoms with Gasteiger partial charge in [-0.1, -0.05) is 18.2 Å². The summed E-state index contributed by atoms with van der Waals surface area (Å²) in [6.07, 6.45) is 0.854. The fourth-order valence-electron chi connectivity index (χ4n) is 2.40. The van der Waals surface area contributed by atoms with Gasteiger partial charge in [-0.05, 0) is 39.3 Å². The second kappa shape index (κ2) is 3.75. The lowest BCUT2D eigenvalue weighted by Crippen LogP contribution is -2.41. The second-order valence-electron chi connectivity index (χ2n) is 6.09. The first-order chi connectivity index (χ1) is 8.39. The maximum Gasteiger partial charge on any atom is 0.502 e. The average Bonchev–Trinajstić information content (AvgIpc) is 2.78. The van der Waals surface area contributed by atoms with Gasteiger partial charge in [0.05, 0.1) is 11.2 Å². The third-order valence-electron chi connectivity index (χ3n) is 4.25. The number of benzene rings is 1. The highest BCUT2D eigenvalue weighted by atomic mass is 16.7. The van der Waals surface area contributed by atoms with Crippen LogP contribution in [0.3, 0.4) is 0 Å². The van der Waals surface area contributed by atoms with Crippen molar-refractivity contribution in [2.24, 2.45) is 0 Å². The molecule has 0 spiro atoms. The van der Waals surface area contributed by atoms with Crippen LogP contribution in [0.2, 0.25) is 0 Å². The van der Waals surface area contributed by atoms with Crippen molar-refractivity contribution in [3.8, 4) is 5.75 Å². The molecule has 1 aromatic carbocycles. The van der Waals surface area contributed by atoms with E-state index in [1.165, 1.54) is 5.56 Å². The summed E-state index contributed by atoms with van der Waals surface area (Å²) in [5.74, 6) is 0.956. The lowest BCUT2D eigenvalue weighted by atomic mass is 9.78. The Morgan fingerprint density at radius 1 is 1.06 bits per heavy atom. The maximum absolute atomic E-state index is 6.03. The van der Waals surface area contributed by atoms with Gasteiger partial charge < -0.3 is 14.0 Å². The molecule has 0 saturated carbocycles. The molecule has 2 heterocycles. The van der Waals surface area contributed by atoms with Crippen LogP contribution >= 0.6 is 0 Å². The van der Waals surface area contributed by atoms with Crippen molar-refractivity contribution in [1.82, 2.24) is 0 Å². The lowest BCUT2D eigenvalue weighted by molar-refractivity contribution is 0.00578. The summed E-state index contributed by atoms with van der Waals surface area (Å²) in [5, 5.41) is 0. The van der Waals surface area contributed by atoms with Crippen LogP contribution in [0, 0.1) is 0 Å². The number of rotatable bonds is 1. The summed E-state index contributed by atoms with van der Waals surface area (Å²) in [6, 6.07) is 8.09. The van der Waals surface area contributed by atoms with Gasteiger partial charge >= 0.3 is 7.12 Å². The monoisotopic (exact) mass is 246 g/mol. The summed E-state index contributed by atoms with van der Waals surface area (Å²) < 4.78 is 18.0. The summed E-state index contributed by atoms with van der Waals surface area (Å²) in [7, 11) is -0.289. The first-order valence-electron chi connectivity index (χ1n) is 6.49. The number of hydrogen-bond acceptors (Lipinski definition) is 3. The van der Waals surface area contributed by atoms with Crippen LogP contribution in [0.15, 0.2) is 24.3 Å². The molecular weight excluding hydrogens is 227 g/mol. The van der Waals surface area contributed by atoms with E-state index in [0.29, 0.717) is 0 Å². The van der Waals surface area contributed by atoms with E-state index in [2.05, 4.69) is 33.8 Å². The smallest absolute Gasteiger partial charge is 0.492 e. The summed E-state index contributed by atoms with van der Waals surface area (Å²) in [5.41, 5.74) is 0.642. The van der Waals surface area contributed by atoms with Crippen LogP contribution in [0.1, 0.15) is 33.3 Å². The van der Waals surface area contributed by atoms with Gasteiger partial charge in [-0.3, -0.25) is 0 Å². The Kier molecular flexibility index (Phi) is 2.51. The van der Waals surface area contributed by atoms with Gasteiger partial charge in [0.25, 0.3) is 0 Å². The van der Waals surface area contributed by atoms with Crippen molar-refractivity contribution < 1.29 is 14.0 Å². The normalized spacial score (nSPS) is 28.0. The zero-order chi connectivity index (χ0) is 13.0. The second-order valence-corrected chi connectivity index (χ2v) is 6.09. The third kappa shape index (κ3) is 1.75. The zero-order valence-electron chi connectivity index (χ0n) is 11.4. The van der Waals surface area contributed by atoms with Crippen molar-refractivity contribution in [2.45, 2.75) is 51.3 Å². The predicted octanol–water partition coefficient (Wildman–Crippen LogP) is 2.62. The molecule has 18 heavy (non-hydrogen) atoms. The molecule has 0 aromatic heterocycles. The van der Waals surface area contributed by atoms with Gasteiger partial charge in [-0.2, -0.15) is 0 Å². The molecule has 1 atom stereocenters. The summed E-state index contributed by atoms with van der Waals surface area (Å²) in [6.45, 7) is 8.26. The van der Waals surface area contributed by atoms with Crippen LogP contribution < -0.4 is 4.74 Å². The fraction of sp³-hybridized carbons (Fsp3) is 0.571. The van der Waals surface area contributed by atoms with E-state index in [1.807, 2.05) is 18.2 Å². The van der Waals surface area contributed by atoms with E-state index in [1.54, 1.807) is 0 Å². The van der Waals surface area contributed by atoms with Crippen molar-refractivity contribution >= 4 is 7.12 Å². The molecule has 0 aliphatic carbocycles. The number of hydrogen-bond donors (Lipinski definition) is 0. The van der Waals surface area contributed by atoms with E-state index in [9.17, 15) is 0 Å². The quantitative estimate of drug-likeness (QED) is 0.713. The molecule has 0 radical (unpaired) electrons. The number of ether oxygens (including phenoxy) is 1. The predicted molar refractivity (Wildman–Crippen MR) is 70.6 cm³/mol. The van der Waals surface area contributed by atoms with E-state index >= 15 is 0 Å². The molecule has 0 amide bonds.